The van der Waals surface area contributed by atoms with Crippen molar-refractivity contribution in [2.45, 2.75) is 19.9 Å². The Kier molecular flexibility index (Phi) is 4.65. The summed E-state index contributed by atoms with van der Waals surface area (Å²) >= 11 is 3.39. The summed E-state index contributed by atoms with van der Waals surface area (Å²) in [6, 6.07) is 7.65. The van der Waals surface area contributed by atoms with Gasteiger partial charge >= 0.3 is 0 Å². The van der Waals surface area contributed by atoms with Gasteiger partial charge < -0.3 is 5.32 Å². The van der Waals surface area contributed by atoms with Gasteiger partial charge in [0.2, 0.25) is 0 Å². The van der Waals surface area contributed by atoms with Gasteiger partial charge in [0.1, 0.15) is 0 Å². The molecule has 1 atom stereocenters. The van der Waals surface area contributed by atoms with E-state index in [1.807, 2.05) is 31.2 Å². The zero-order valence-electron chi connectivity index (χ0n) is 11.4. The van der Waals surface area contributed by atoms with Crippen LogP contribution < -0.4 is 5.32 Å². The Morgan fingerprint density at radius 2 is 2.15 bits per heavy atom. The molecule has 1 aromatic heterocycles. The van der Waals surface area contributed by atoms with Gasteiger partial charge in [0.05, 0.1) is 17.0 Å². The molecule has 0 aliphatic carbocycles. The van der Waals surface area contributed by atoms with Gasteiger partial charge in [-0.2, -0.15) is 0 Å². The third-order valence-corrected chi connectivity index (χ3v) is 5.34. The molecule has 1 N–H and O–H groups in total. The first-order valence-electron chi connectivity index (χ1n) is 6.42. The standard InChI is InChI=1S/C14H17BrN2O2S/c1-3-20(18,19)9-10(2)17-13-6-4-5-11-7-12(15)8-16-14(11)13/h4-8,10,17H,3,9H2,1-2H3. The molecule has 20 heavy (non-hydrogen) atoms. The number of rotatable bonds is 5. The molecular formula is C14H17BrN2O2S. The van der Waals surface area contributed by atoms with E-state index in [2.05, 4.69) is 26.2 Å². The molecule has 0 fully saturated rings. The first-order valence-corrected chi connectivity index (χ1v) is 9.04. The van der Waals surface area contributed by atoms with Crippen LogP contribution in [0.3, 0.4) is 0 Å². The summed E-state index contributed by atoms with van der Waals surface area (Å²) in [5, 5.41) is 4.25. The Hall–Kier alpha value is -1.14. The van der Waals surface area contributed by atoms with Crippen LogP contribution in [0.15, 0.2) is 34.9 Å². The fourth-order valence-electron chi connectivity index (χ4n) is 2.06. The van der Waals surface area contributed by atoms with Crippen LogP contribution in [0.5, 0.6) is 0 Å². The smallest absolute Gasteiger partial charge is 0.152 e. The van der Waals surface area contributed by atoms with Crippen molar-refractivity contribution in [2.75, 3.05) is 16.8 Å². The van der Waals surface area contributed by atoms with E-state index >= 15 is 0 Å². The number of aromatic nitrogens is 1. The Morgan fingerprint density at radius 3 is 2.85 bits per heavy atom. The molecule has 0 aliphatic heterocycles. The lowest BCUT2D eigenvalue weighted by Gasteiger charge is -2.16. The Bertz CT molecular complexity index is 716. The third kappa shape index (κ3) is 3.70. The first-order chi connectivity index (χ1) is 9.41. The number of hydrogen-bond acceptors (Lipinski definition) is 4. The quantitative estimate of drug-likeness (QED) is 0.893. The number of hydrogen-bond donors (Lipinski definition) is 1. The molecule has 4 nitrogen and oxygen atoms in total. The fraction of sp³-hybridized carbons (Fsp3) is 0.357. The molecule has 0 bridgehead atoms. The molecule has 108 valence electrons. The minimum absolute atomic E-state index is 0.121. The van der Waals surface area contributed by atoms with Crippen LogP contribution in [0.2, 0.25) is 0 Å². The highest BCUT2D eigenvalue weighted by Gasteiger charge is 2.14. The Balaban J connectivity index is 2.26. The highest BCUT2D eigenvalue weighted by molar-refractivity contribution is 9.10. The lowest BCUT2D eigenvalue weighted by Crippen LogP contribution is -2.26. The second-order valence-corrected chi connectivity index (χ2v) is 8.09. The van der Waals surface area contributed by atoms with Gasteiger partial charge in [-0.3, -0.25) is 4.98 Å². The molecule has 1 heterocycles. The van der Waals surface area contributed by atoms with Gasteiger partial charge in [0, 0.05) is 27.9 Å². The predicted octanol–water partition coefficient (Wildman–Crippen LogP) is 3.23. The van der Waals surface area contributed by atoms with Crippen LogP contribution in [0, 0.1) is 0 Å². The second-order valence-electron chi connectivity index (χ2n) is 4.78. The number of para-hydroxylation sites is 1. The van der Waals surface area contributed by atoms with Gasteiger partial charge in [0.15, 0.2) is 9.84 Å². The van der Waals surface area contributed by atoms with E-state index in [0.29, 0.717) is 0 Å². The summed E-state index contributed by atoms with van der Waals surface area (Å²) in [6.07, 6.45) is 1.74. The third-order valence-electron chi connectivity index (χ3n) is 3.02. The van der Waals surface area contributed by atoms with Gasteiger partial charge in [-0.25, -0.2) is 8.42 Å². The molecule has 2 rings (SSSR count). The number of benzene rings is 1. The van der Waals surface area contributed by atoms with Crippen molar-refractivity contribution in [3.8, 4) is 0 Å². The Labute approximate surface area is 127 Å². The topological polar surface area (TPSA) is 59.1 Å². The average Bonchev–Trinajstić information content (AvgIpc) is 2.38. The minimum Gasteiger partial charge on any atom is -0.380 e. The number of nitrogens with one attached hydrogen (secondary N) is 1. The van der Waals surface area contributed by atoms with Gasteiger partial charge in [0.25, 0.3) is 0 Å². The molecule has 0 spiro atoms. The zero-order chi connectivity index (χ0) is 14.8. The molecule has 0 radical (unpaired) electrons. The summed E-state index contributed by atoms with van der Waals surface area (Å²) < 4.78 is 24.2. The summed E-state index contributed by atoms with van der Waals surface area (Å²) in [5.41, 5.74) is 1.70. The average molecular weight is 357 g/mol. The first kappa shape index (κ1) is 15.3. The molecule has 1 aromatic carbocycles. The summed E-state index contributed by atoms with van der Waals surface area (Å²) in [7, 11) is -2.99. The van der Waals surface area contributed by atoms with Crippen molar-refractivity contribution in [1.29, 1.82) is 0 Å². The molecule has 0 amide bonds. The van der Waals surface area contributed by atoms with E-state index in [1.54, 1.807) is 13.1 Å². The summed E-state index contributed by atoms with van der Waals surface area (Å²) in [5.74, 6) is 0.288. The maximum absolute atomic E-state index is 11.6. The van der Waals surface area contributed by atoms with E-state index < -0.39 is 9.84 Å². The number of fused-ring (bicyclic) bond motifs is 1. The number of nitrogens with zero attached hydrogens (tertiary/aromatic N) is 1. The fourth-order valence-corrected chi connectivity index (χ4v) is 3.49. The summed E-state index contributed by atoms with van der Waals surface area (Å²) in [4.78, 5) is 4.39. The lowest BCUT2D eigenvalue weighted by molar-refractivity contribution is 0.593. The maximum Gasteiger partial charge on any atom is 0.152 e. The van der Waals surface area contributed by atoms with E-state index in [4.69, 9.17) is 0 Å². The van der Waals surface area contributed by atoms with Crippen LogP contribution in [0.1, 0.15) is 13.8 Å². The lowest BCUT2D eigenvalue weighted by atomic mass is 10.2. The van der Waals surface area contributed by atoms with Gasteiger partial charge in [-0.05, 0) is 35.0 Å². The highest BCUT2D eigenvalue weighted by atomic mass is 79.9. The predicted molar refractivity (Wildman–Crippen MR) is 86.9 cm³/mol. The number of halogens is 1. The Morgan fingerprint density at radius 1 is 1.40 bits per heavy atom. The zero-order valence-corrected chi connectivity index (χ0v) is 13.8. The van der Waals surface area contributed by atoms with Crippen molar-refractivity contribution >= 4 is 42.4 Å². The monoisotopic (exact) mass is 356 g/mol. The molecular weight excluding hydrogens is 340 g/mol. The van der Waals surface area contributed by atoms with E-state index in [0.717, 1.165) is 21.1 Å². The largest absolute Gasteiger partial charge is 0.380 e. The SMILES string of the molecule is CCS(=O)(=O)CC(C)Nc1cccc2cc(Br)cnc12. The molecule has 1 unspecified atom stereocenters. The van der Waals surface area contributed by atoms with Crippen LogP contribution in [0.25, 0.3) is 10.9 Å². The van der Waals surface area contributed by atoms with Crippen LogP contribution in [-0.4, -0.2) is 30.9 Å². The van der Waals surface area contributed by atoms with Crippen molar-refractivity contribution in [3.63, 3.8) is 0 Å². The second kappa shape index (κ2) is 6.10. The van der Waals surface area contributed by atoms with Crippen LogP contribution >= 0.6 is 15.9 Å². The summed E-state index contributed by atoms with van der Waals surface area (Å²) in [6.45, 7) is 3.53. The number of sulfone groups is 1. The normalized spacial score (nSPS) is 13.3. The van der Waals surface area contributed by atoms with Crippen molar-refractivity contribution in [2.24, 2.45) is 0 Å². The molecule has 6 heteroatoms. The minimum atomic E-state index is -2.99. The number of anilines is 1. The van der Waals surface area contributed by atoms with E-state index in [-0.39, 0.29) is 17.5 Å². The van der Waals surface area contributed by atoms with Gasteiger partial charge in [-0.1, -0.05) is 19.1 Å². The van der Waals surface area contributed by atoms with Crippen LogP contribution in [-0.2, 0) is 9.84 Å². The van der Waals surface area contributed by atoms with E-state index in [9.17, 15) is 8.42 Å². The maximum atomic E-state index is 11.6. The van der Waals surface area contributed by atoms with Crippen LogP contribution in [0.4, 0.5) is 5.69 Å². The number of pyridine rings is 1. The van der Waals surface area contributed by atoms with Crippen molar-refractivity contribution in [1.82, 2.24) is 4.98 Å². The van der Waals surface area contributed by atoms with Gasteiger partial charge in [-0.15, -0.1) is 0 Å². The molecule has 0 saturated carbocycles. The molecule has 2 aromatic rings. The van der Waals surface area contributed by atoms with E-state index in [1.165, 1.54) is 0 Å². The molecule has 0 aliphatic rings. The van der Waals surface area contributed by atoms with Crippen molar-refractivity contribution < 1.29 is 8.42 Å². The highest BCUT2D eigenvalue weighted by Crippen LogP contribution is 2.24. The molecule has 0 saturated heterocycles. The van der Waals surface area contributed by atoms with Crippen molar-refractivity contribution in [3.05, 3.63) is 34.9 Å².